The van der Waals surface area contributed by atoms with Gasteiger partial charge in [0.1, 0.15) is 11.1 Å². The van der Waals surface area contributed by atoms with E-state index in [4.69, 9.17) is 4.42 Å². The molecule has 19 heavy (non-hydrogen) atoms. The second-order valence-corrected chi connectivity index (χ2v) is 4.54. The summed E-state index contributed by atoms with van der Waals surface area (Å²) in [5.74, 6) is 0. The quantitative estimate of drug-likeness (QED) is 0.779. The van der Waals surface area contributed by atoms with Crippen molar-refractivity contribution in [1.82, 2.24) is 9.55 Å². The standard InChI is InChI=1S/C14H14N2O3/c1-2-9(17)7-16-8-15-12-10-5-3-4-6-11(10)19-13(12)14(16)18/h3-6,8-9,17H,2,7H2,1H3. The lowest BCUT2D eigenvalue weighted by atomic mass is 10.2. The Morgan fingerprint density at radius 2 is 2.21 bits per heavy atom. The van der Waals surface area contributed by atoms with E-state index in [2.05, 4.69) is 4.98 Å². The van der Waals surface area contributed by atoms with E-state index in [-0.39, 0.29) is 17.7 Å². The summed E-state index contributed by atoms with van der Waals surface area (Å²) in [5.41, 5.74) is 1.21. The fraction of sp³-hybridized carbons (Fsp3) is 0.286. The molecule has 5 nitrogen and oxygen atoms in total. The van der Waals surface area contributed by atoms with E-state index in [1.807, 2.05) is 31.2 Å². The van der Waals surface area contributed by atoms with Crippen molar-refractivity contribution in [1.29, 1.82) is 0 Å². The largest absolute Gasteiger partial charge is 0.448 e. The van der Waals surface area contributed by atoms with Crippen LogP contribution >= 0.6 is 0 Å². The summed E-state index contributed by atoms with van der Waals surface area (Å²) in [6.07, 6.45) is 1.50. The Morgan fingerprint density at radius 1 is 1.42 bits per heavy atom. The van der Waals surface area contributed by atoms with E-state index >= 15 is 0 Å². The number of aromatic nitrogens is 2. The van der Waals surface area contributed by atoms with Gasteiger partial charge in [-0.15, -0.1) is 0 Å². The van der Waals surface area contributed by atoms with Crippen molar-refractivity contribution in [2.45, 2.75) is 26.0 Å². The molecule has 3 rings (SSSR count). The highest BCUT2D eigenvalue weighted by Gasteiger charge is 2.13. The number of para-hydroxylation sites is 1. The van der Waals surface area contributed by atoms with Gasteiger partial charge in [-0.05, 0) is 18.6 Å². The molecule has 5 heteroatoms. The lowest BCUT2D eigenvalue weighted by molar-refractivity contribution is 0.148. The maximum atomic E-state index is 12.3. The molecule has 0 aliphatic rings. The van der Waals surface area contributed by atoms with Gasteiger partial charge in [-0.2, -0.15) is 0 Å². The molecular formula is C14H14N2O3. The number of rotatable bonds is 3. The highest BCUT2D eigenvalue weighted by atomic mass is 16.3. The van der Waals surface area contributed by atoms with Crippen molar-refractivity contribution in [2.24, 2.45) is 0 Å². The van der Waals surface area contributed by atoms with Gasteiger partial charge in [0.2, 0.25) is 5.58 Å². The van der Waals surface area contributed by atoms with E-state index in [0.29, 0.717) is 17.5 Å². The predicted octanol–water partition coefficient (Wildman–Crippen LogP) is 1.91. The Balaban J connectivity index is 2.22. The average molecular weight is 258 g/mol. The fourth-order valence-corrected chi connectivity index (χ4v) is 2.10. The number of benzene rings is 1. The Bertz CT molecular complexity index is 788. The summed E-state index contributed by atoms with van der Waals surface area (Å²) in [6, 6.07) is 7.41. The topological polar surface area (TPSA) is 68.3 Å². The smallest absolute Gasteiger partial charge is 0.297 e. The zero-order valence-corrected chi connectivity index (χ0v) is 10.5. The molecule has 1 unspecified atom stereocenters. The van der Waals surface area contributed by atoms with Crippen LogP contribution in [0, 0.1) is 0 Å². The van der Waals surface area contributed by atoms with Crippen LogP contribution in [0.15, 0.2) is 39.8 Å². The van der Waals surface area contributed by atoms with Crippen molar-refractivity contribution in [2.75, 3.05) is 0 Å². The fourth-order valence-electron chi connectivity index (χ4n) is 2.10. The molecule has 0 saturated carbocycles. The third-order valence-corrected chi connectivity index (χ3v) is 3.23. The second kappa shape index (κ2) is 4.51. The summed E-state index contributed by atoms with van der Waals surface area (Å²) in [4.78, 5) is 16.5. The minimum absolute atomic E-state index is 0.231. The summed E-state index contributed by atoms with van der Waals surface area (Å²) in [7, 11) is 0. The predicted molar refractivity (Wildman–Crippen MR) is 72.1 cm³/mol. The first-order valence-corrected chi connectivity index (χ1v) is 6.25. The molecule has 98 valence electrons. The minimum atomic E-state index is -0.554. The summed E-state index contributed by atoms with van der Waals surface area (Å²) in [5, 5.41) is 10.5. The third kappa shape index (κ3) is 1.92. The van der Waals surface area contributed by atoms with Crippen LogP contribution in [0.2, 0.25) is 0 Å². The molecule has 2 heterocycles. The second-order valence-electron chi connectivity index (χ2n) is 4.54. The lowest BCUT2D eigenvalue weighted by Gasteiger charge is -2.09. The van der Waals surface area contributed by atoms with Crippen LogP contribution in [0.1, 0.15) is 13.3 Å². The molecule has 0 aliphatic heterocycles. The molecule has 0 spiro atoms. The van der Waals surface area contributed by atoms with Gasteiger partial charge >= 0.3 is 0 Å². The van der Waals surface area contributed by atoms with E-state index in [1.54, 1.807) is 0 Å². The maximum Gasteiger partial charge on any atom is 0.297 e. The SMILES string of the molecule is CCC(O)Cn1cnc2c(oc3ccccc32)c1=O. The first kappa shape index (κ1) is 11.9. The highest BCUT2D eigenvalue weighted by Crippen LogP contribution is 2.23. The molecule has 0 aliphatic carbocycles. The Morgan fingerprint density at radius 3 is 3.00 bits per heavy atom. The summed E-state index contributed by atoms with van der Waals surface area (Å²) >= 11 is 0. The molecule has 1 aromatic carbocycles. The molecule has 0 saturated heterocycles. The Hall–Kier alpha value is -2.14. The van der Waals surface area contributed by atoms with E-state index in [0.717, 1.165) is 5.39 Å². The van der Waals surface area contributed by atoms with Crippen LogP contribution in [-0.2, 0) is 6.54 Å². The van der Waals surface area contributed by atoms with Gasteiger partial charge in [0.05, 0.1) is 19.0 Å². The van der Waals surface area contributed by atoms with Crippen molar-refractivity contribution < 1.29 is 9.52 Å². The van der Waals surface area contributed by atoms with Crippen LogP contribution in [0.4, 0.5) is 0 Å². The Kier molecular flexibility index (Phi) is 2.83. The molecule has 3 aromatic rings. The third-order valence-electron chi connectivity index (χ3n) is 3.23. The molecule has 2 aromatic heterocycles. The molecule has 0 radical (unpaired) electrons. The molecular weight excluding hydrogens is 244 g/mol. The van der Waals surface area contributed by atoms with Crippen LogP contribution in [0.3, 0.4) is 0 Å². The molecule has 1 N–H and O–H groups in total. The van der Waals surface area contributed by atoms with Gasteiger partial charge in [-0.1, -0.05) is 19.1 Å². The number of hydrogen-bond acceptors (Lipinski definition) is 4. The summed E-state index contributed by atoms with van der Waals surface area (Å²) < 4.78 is 6.95. The molecule has 0 amide bonds. The van der Waals surface area contributed by atoms with Gasteiger partial charge in [-0.3, -0.25) is 9.36 Å². The minimum Gasteiger partial charge on any atom is -0.448 e. The number of fused-ring (bicyclic) bond motifs is 3. The lowest BCUT2D eigenvalue weighted by Crippen LogP contribution is -2.26. The van der Waals surface area contributed by atoms with Gasteiger partial charge in [0, 0.05) is 5.39 Å². The highest BCUT2D eigenvalue weighted by molar-refractivity contribution is 6.01. The zero-order valence-electron chi connectivity index (χ0n) is 10.5. The van der Waals surface area contributed by atoms with Gasteiger partial charge in [0.15, 0.2) is 0 Å². The number of aliphatic hydroxyl groups is 1. The van der Waals surface area contributed by atoms with Gasteiger partial charge in [0.25, 0.3) is 5.56 Å². The average Bonchev–Trinajstić information content (AvgIpc) is 2.81. The Labute approximate surface area is 109 Å². The van der Waals surface area contributed by atoms with E-state index in [1.165, 1.54) is 10.9 Å². The first-order chi connectivity index (χ1) is 9.20. The molecule has 1 atom stereocenters. The maximum absolute atomic E-state index is 12.3. The van der Waals surface area contributed by atoms with Gasteiger partial charge < -0.3 is 9.52 Å². The van der Waals surface area contributed by atoms with E-state index in [9.17, 15) is 9.90 Å². The van der Waals surface area contributed by atoms with Crippen molar-refractivity contribution >= 4 is 22.1 Å². The van der Waals surface area contributed by atoms with Gasteiger partial charge in [-0.25, -0.2) is 4.98 Å². The number of nitrogens with zero attached hydrogens (tertiary/aromatic N) is 2. The van der Waals surface area contributed by atoms with Crippen LogP contribution in [-0.4, -0.2) is 20.8 Å². The van der Waals surface area contributed by atoms with Crippen molar-refractivity contribution in [3.05, 3.63) is 40.9 Å². The number of hydrogen-bond donors (Lipinski definition) is 1. The van der Waals surface area contributed by atoms with Crippen molar-refractivity contribution in [3.63, 3.8) is 0 Å². The van der Waals surface area contributed by atoms with Crippen LogP contribution in [0.25, 0.3) is 22.1 Å². The monoisotopic (exact) mass is 258 g/mol. The first-order valence-electron chi connectivity index (χ1n) is 6.25. The normalized spacial score (nSPS) is 13.2. The zero-order chi connectivity index (χ0) is 13.4. The van der Waals surface area contributed by atoms with Crippen LogP contribution in [0.5, 0.6) is 0 Å². The van der Waals surface area contributed by atoms with Crippen LogP contribution < -0.4 is 5.56 Å². The molecule has 0 bridgehead atoms. The van der Waals surface area contributed by atoms with E-state index < -0.39 is 6.10 Å². The summed E-state index contributed by atoms with van der Waals surface area (Å²) in [6.45, 7) is 2.10. The number of furan rings is 1. The number of aliphatic hydroxyl groups excluding tert-OH is 1. The van der Waals surface area contributed by atoms with Crippen molar-refractivity contribution in [3.8, 4) is 0 Å². The molecule has 0 fully saturated rings.